The molecule has 0 heterocycles. The van der Waals surface area contributed by atoms with Gasteiger partial charge in [0.1, 0.15) is 0 Å². The summed E-state index contributed by atoms with van der Waals surface area (Å²) in [4.78, 5) is 2.16. The predicted molar refractivity (Wildman–Crippen MR) is 60.2 cm³/mol. The highest BCUT2D eigenvalue weighted by molar-refractivity contribution is 4.96. The van der Waals surface area contributed by atoms with Gasteiger partial charge in [-0.2, -0.15) is 0 Å². The number of hydrogen-bond donors (Lipinski definition) is 0. The van der Waals surface area contributed by atoms with Crippen molar-refractivity contribution in [1.29, 1.82) is 0 Å². The molecule has 0 bridgehead atoms. The maximum atomic E-state index is 5.89. The van der Waals surface area contributed by atoms with Crippen molar-refractivity contribution in [3.05, 3.63) is 11.8 Å². The second-order valence-corrected chi connectivity index (χ2v) is 4.60. The Hall–Kier alpha value is -0.500. The number of likely N-dealkylation sites (N-methyl/N-ethyl adjacent to an activating group) is 1. The second-order valence-electron chi connectivity index (χ2n) is 4.60. The van der Waals surface area contributed by atoms with Crippen LogP contribution in [0.1, 0.15) is 33.1 Å². The zero-order chi connectivity index (χ0) is 10.6. The predicted octanol–water partition coefficient (Wildman–Crippen LogP) is 2.66. The molecule has 0 aliphatic heterocycles. The van der Waals surface area contributed by atoms with E-state index in [1.165, 1.54) is 12.8 Å². The lowest BCUT2D eigenvalue weighted by molar-refractivity contribution is 0.0137. The lowest BCUT2D eigenvalue weighted by Gasteiger charge is -2.33. The SMILES string of the molecule is CC/C(=C\CN(C)C)OC1CC(C)C1. The van der Waals surface area contributed by atoms with Crippen LogP contribution in [0.25, 0.3) is 0 Å². The van der Waals surface area contributed by atoms with E-state index in [4.69, 9.17) is 4.74 Å². The Morgan fingerprint density at radius 1 is 1.43 bits per heavy atom. The van der Waals surface area contributed by atoms with Crippen LogP contribution in [0.2, 0.25) is 0 Å². The van der Waals surface area contributed by atoms with Crippen LogP contribution in [0.3, 0.4) is 0 Å². The maximum Gasteiger partial charge on any atom is 0.0987 e. The maximum absolute atomic E-state index is 5.89. The first kappa shape index (κ1) is 11.6. The number of allylic oxidation sites excluding steroid dienone is 1. The zero-order valence-electron chi connectivity index (χ0n) is 9.92. The Kier molecular flexibility index (Phi) is 4.46. The van der Waals surface area contributed by atoms with Gasteiger partial charge in [-0.25, -0.2) is 0 Å². The quantitative estimate of drug-likeness (QED) is 0.628. The third-order valence-electron chi connectivity index (χ3n) is 2.68. The van der Waals surface area contributed by atoms with E-state index in [0.29, 0.717) is 6.10 Å². The van der Waals surface area contributed by atoms with Crippen molar-refractivity contribution >= 4 is 0 Å². The zero-order valence-corrected chi connectivity index (χ0v) is 9.92. The molecule has 1 fully saturated rings. The van der Waals surface area contributed by atoms with Crippen LogP contribution in [0.5, 0.6) is 0 Å². The molecule has 0 spiro atoms. The van der Waals surface area contributed by atoms with E-state index >= 15 is 0 Å². The summed E-state index contributed by atoms with van der Waals surface area (Å²) >= 11 is 0. The third kappa shape index (κ3) is 3.70. The molecule has 1 rings (SSSR count). The van der Waals surface area contributed by atoms with E-state index < -0.39 is 0 Å². The molecular formula is C12H23NO. The summed E-state index contributed by atoms with van der Waals surface area (Å²) in [6.45, 7) is 5.42. The fraction of sp³-hybridized carbons (Fsp3) is 0.833. The molecule has 2 nitrogen and oxygen atoms in total. The molecule has 0 aromatic rings. The van der Waals surface area contributed by atoms with Crippen molar-refractivity contribution in [1.82, 2.24) is 4.90 Å². The van der Waals surface area contributed by atoms with Gasteiger partial charge in [0.05, 0.1) is 11.9 Å². The Morgan fingerprint density at radius 2 is 2.07 bits per heavy atom. The van der Waals surface area contributed by atoms with Crippen molar-refractivity contribution in [2.24, 2.45) is 5.92 Å². The highest BCUT2D eigenvalue weighted by Gasteiger charge is 2.27. The fourth-order valence-electron chi connectivity index (χ4n) is 1.70. The molecule has 14 heavy (non-hydrogen) atoms. The first-order chi connectivity index (χ1) is 6.61. The number of nitrogens with zero attached hydrogens (tertiary/aromatic N) is 1. The number of ether oxygens (including phenoxy) is 1. The molecule has 0 radical (unpaired) electrons. The van der Waals surface area contributed by atoms with Gasteiger partial charge < -0.3 is 9.64 Å². The highest BCUT2D eigenvalue weighted by atomic mass is 16.5. The summed E-state index contributed by atoms with van der Waals surface area (Å²) in [7, 11) is 4.16. The summed E-state index contributed by atoms with van der Waals surface area (Å²) in [6, 6.07) is 0. The van der Waals surface area contributed by atoms with Crippen LogP contribution >= 0.6 is 0 Å². The van der Waals surface area contributed by atoms with Gasteiger partial charge in [-0.15, -0.1) is 0 Å². The summed E-state index contributed by atoms with van der Waals surface area (Å²) < 4.78 is 5.89. The molecule has 1 saturated carbocycles. The number of rotatable bonds is 5. The third-order valence-corrected chi connectivity index (χ3v) is 2.68. The second kappa shape index (κ2) is 5.40. The monoisotopic (exact) mass is 197 g/mol. The lowest BCUT2D eigenvalue weighted by Crippen LogP contribution is -2.29. The summed E-state index contributed by atoms with van der Waals surface area (Å²) in [6.07, 6.45) is 6.18. The van der Waals surface area contributed by atoms with E-state index in [9.17, 15) is 0 Å². The van der Waals surface area contributed by atoms with Gasteiger partial charge in [0.2, 0.25) is 0 Å². The van der Waals surface area contributed by atoms with E-state index in [2.05, 4.69) is 38.9 Å². The van der Waals surface area contributed by atoms with Gasteiger partial charge in [0, 0.05) is 13.0 Å². The van der Waals surface area contributed by atoms with E-state index in [-0.39, 0.29) is 0 Å². The lowest BCUT2D eigenvalue weighted by atomic mass is 9.84. The number of hydrogen-bond acceptors (Lipinski definition) is 2. The summed E-state index contributed by atoms with van der Waals surface area (Å²) in [5.74, 6) is 2.03. The van der Waals surface area contributed by atoms with Crippen molar-refractivity contribution in [3.63, 3.8) is 0 Å². The molecule has 2 heteroatoms. The molecule has 0 unspecified atom stereocenters. The van der Waals surface area contributed by atoms with E-state index in [1.807, 2.05) is 0 Å². The summed E-state index contributed by atoms with van der Waals surface area (Å²) in [5, 5.41) is 0. The molecule has 0 aromatic carbocycles. The Balaban J connectivity index is 2.27. The van der Waals surface area contributed by atoms with Crippen LogP contribution in [0.15, 0.2) is 11.8 Å². The minimum absolute atomic E-state index is 0.498. The van der Waals surface area contributed by atoms with Crippen molar-refractivity contribution in [2.45, 2.75) is 39.2 Å². The molecular weight excluding hydrogens is 174 g/mol. The Bertz CT molecular complexity index is 192. The van der Waals surface area contributed by atoms with Crippen LogP contribution in [-0.2, 0) is 4.74 Å². The van der Waals surface area contributed by atoms with Crippen LogP contribution < -0.4 is 0 Å². The molecule has 0 atom stereocenters. The Labute approximate surface area is 87.9 Å². The van der Waals surface area contributed by atoms with Crippen molar-refractivity contribution in [2.75, 3.05) is 20.6 Å². The van der Waals surface area contributed by atoms with Crippen LogP contribution in [0.4, 0.5) is 0 Å². The molecule has 82 valence electrons. The topological polar surface area (TPSA) is 12.5 Å². The van der Waals surface area contributed by atoms with Gasteiger partial charge in [-0.3, -0.25) is 0 Å². The average molecular weight is 197 g/mol. The minimum atomic E-state index is 0.498. The van der Waals surface area contributed by atoms with Gasteiger partial charge in [-0.05, 0) is 38.9 Å². The molecule has 0 N–H and O–H groups in total. The normalized spacial score (nSPS) is 27.6. The fourth-order valence-corrected chi connectivity index (χ4v) is 1.70. The average Bonchev–Trinajstić information content (AvgIpc) is 2.08. The smallest absolute Gasteiger partial charge is 0.0987 e. The molecule has 0 aromatic heterocycles. The van der Waals surface area contributed by atoms with Crippen LogP contribution in [-0.4, -0.2) is 31.6 Å². The van der Waals surface area contributed by atoms with Gasteiger partial charge in [-0.1, -0.05) is 13.8 Å². The van der Waals surface area contributed by atoms with E-state index in [0.717, 1.165) is 24.6 Å². The largest absolute Gasteiger partial charge is 0.495 e. The van der Waals surface area contributed by atoms with Gasteiger partial charge >= 0.3 is 0 Å². The minimum Gasteiger partial charge on any atom is -0.495 e. The molecule has 1 aliphatic carbocycles. The molecule has 1 aliphatic rings. The van der Waals surface area contributed by atoms with Gasteiger partial charge in [0.25, 0.3) is 0 Å². The molecule has 0 saturated heterocycles. The van der Waals surface area contributed by atoms with Crippen molar-refractivity contribution in [3.8, 4) is 0 Å². The van der Waals surface area contributed by atoms with Gasteiger partial charge in [0.15, 0.2) is 0 Å². The first-order valence-corrected chi connectivity index (χ1v) is 5.62. The van der Waals surface area contributed by atoms with E-state index in [1.54, 1.807) is 0 Å². The highest BCUT2D eigenvalue weighted by Crippen LogP contribution is 2.31. The standard InChI is InChI=1S/C12H23NO/c1-5-11(6-7-13(3)4)14-12-8-10(2)9-12/h6,10,12H,5,7-9H2,1-4H3/b11-6+. The molecule has 0 amide bonds. The van der Waals surface area contributed by atoms with Crippen molar-refractivity contribution < 1.29 is 4.74 Å². The summed E-state index contributed by atoms with van der Waals surface area (Å²) in [5.41, 5.74) is 0. The Morgan fingerprint density at radius 3 is 2.50 bits per heavy atom. The first-order valence-electron chi connectivity index (χ1n) is 5.62. The van der Waals surface area contributed by atoms with Crippen LogP contribution in [0, 0.1) is 5.92 Å².